The zero-order valence-corrected chi connectivity index (χ0v) is 20.1. The first-order valence-electron chi connectivity index (χ1n) is 10.9. The SMILES string of the molecule is CC[C@@H](C(=O)NCCOCCOCCCCCCCl)c1cc(OC)c(OC)c(OC)c1. The topological polar surface area (TPSA) is 75.3 Å². The third kappa shape index (κ3) is 9.97. The molecule has 0 unspecified atom stereocenters. The summed E-state index contributed by atoms with van der Waals surface area (Å²) in [7, 11) is 4.67. The minimum Gasteiger partial charge on any atom is -0.493 e. The van der Waals surface area contributed by atoms with Gasteiger partial charge in [-0.15, -0.1) is 11.6 Å². The van der Waals surface area contributed by atoms with E-state index < -0.39 is 0 Å². The van der Waals surface area contributed by atoms with Gasteiger partial charge in [0, 0.05) is 19.0 Å². The summed E-state index contributed by atoms with van der Waals surface area (Å²) in [5.74, 6) is 1.92. The average molecular weight is 460 g/mol. The smallest absolute Gasteiger partial charge is 0.227 e. The van der Waals surface area contributed by atoms with Crippen molar-refractivity contribution in [3.8, 4) is 17.2 Å². The Bertz CT molecular complexity index is 603. The van der Waals surface area contributed by atoms with Crippen LogP contribution in [0.3, 0.4) is 0 Å². The lowest BCUT2D eigenvalue weighted by atomic mass is 9.94. The molecule has 0 saturated heterocycles. The Labute approximate surface area is 191 Å². The molecule has 0 aromatic heterocycles. The number of amides is 1. The maximum absolute atomic E-state index is 12.7. The van der Waals surface area contributed by atoms with Gasteiger partial charge >= 0.3 is 0 Å². The van der Waals surface area contributed by atoms with E-state index >= 15 is 0 Å². The number of hydrogen-bond acceptors (Lipinski definition) is 6. The lowest BCUT2D eigenvalue weighted by molar-refractivity contribution is -0.122. The van der Waals surface area contributed by atoms with Crippen molar-refractivity contribution < 1.29 is 28.5 Å². The van der Waals surface area contributed by atoms with Crippen LogP contribution in [0.15, 0.2) is 12.1 Å². The van der Waals surface area contributed by atoms with Crippen LogP contribution in [0.25, 0.3) is 0 Å². The van der Waals surface area contributed by atoms with Crippen LogP contribution in [-0.4, -0.2) is 66.1 Å². The Morgan fingerprint density at radius 2 is 1.52 bits per heavy atom. The van der Waals surface area contributed by atoms with Gasteiger partial charge < -0.3 is 29.0 Å². The number of methoxy groups -OCH3 is 3. The zero-order valence-electron chi connectivity index (χ0n) is 19.3. The molecule has 0 fully saturated rings. The van der Waals surface area contributed by atoms with Gasteiger partial charge in [0.25, 0.3) is 0 Å². The number of benzene rings is 1. The van der Waals surface area contributed by atoms with E-state index in [-0.39, 0.29) is 11.8 Å². The van der Waals surface area contributed by atoms with Crippen molar-refractivity contribution in [1.29, 1.82) is 0 Å². The van der Waals surface area contributed by atoms with Crippen LogP contribution < -0.4 is 19.5 Å². The first kappa shape index (κ1) is 27.3. The Morgan fingerprint density at radius 1 is 0.903 bits per heavy atom. The molecule has 1 amide bonds. The van der Waals surface area contributed by atoms with Crippen molar-refractivity contribution in [3.05, 3.63) is 17.7 Å². The Hall–Kier alpha value is -1.70. The van der Waals surface area contributed by atoms with E-state index in [1.807, 2.05) is 19.1 Å². The van der Waals surface area contributed by atoms with Crippen LogP contribution in [0.2, 0.25) is 0 Å². The van der Waals surface area contributed by atoms with Crippen LogP contribution in [0, 0.1) is 0 Å². The molecule has 178 valence electrons. The summed E-state index contributed by atoms with van der Waals surface area (Å²) in [5, 5.41) is 2.94. The lowest BCUT2D eigenvalue weighted by Gasteiger charge is -2.19. The number of halogens is 1. The molecule has 8 heteroatoms. The second kappa shape index (κ2) is 16.9. The highest BCUT2D eigenvalue weighted by Gasteiger charge is 2.22. The molecule has 0 heterocycles. The Kier molecular flexibility index (Phi) is 14.9. The van der Waals surface area contributed by atoms with Crippen LogP contribution in [0.5, 0.6) is 17.2 Å². The number of ether oxygens (including phenoxy) is 5. The minimum atomic E-state index is -0.323. The molecule has 0 aliphatic carbocycles. The lowest BCUT2D eigenvalue weighted by Crippen LogP contribution is -2.32. The zero-order chi connectivity index (χ0) is 22.9. The van der Waals surface area contributed by atoms with Crippen molar-refractivity contribution in [2.45, 2.75) is 44.9 Å². The summed E-state index contributed by atoms with van der Waals surface area (Å²) < 4.78 is 27.2. The number of carbonyl (C=O) groups is 1. The molecule has 0 saturated carbocycles. The molecule has 1 aromatic carbocycles. The van der Waals surface area contributed by atoms with Gasteiger partial charge in [0.2, 0.25) is 11.7 Å². The molecule has 0 radical (unpaired) electrons. The second-order valence-electron chi connectivity index (χ2n) is 7.04. The number of carbonyl (C=O) groups excluding carboxylic acids is 1. The summed E-state index contributed by atoms with van der Waals surface area (Å²) in [6, 6.07) is 3.64. The van der Waals surface area contributed by atoms with Crippen molar-refractivity contribution >= 4 is 17.5 Å². The van der Waals surface area contributed by atoms with Gasteiger partial charge in [-0.25, -0.2) is 0 Å². The van der Waals surface area contributed by atoms with Crippen molar-refractivity contribution in [1.82, 2.24) is 5.32 Å². The summed E-state index contributed by atoms with van der Waals surface area (Å²) in [4.78, 5) is 12.7. The van der Waals surface area contributed by atoms with E-state index in [2.05, 4.69) is 5.32 Å². The van der Waals surface area contributed by atoms with Gasteiger partial charge in [-0.3, -0.25) is 4.79 Å². The third-order valence-electron chi connectivity index (χ3n) is 4.90. The van der Waals surface area contributed by atoms with E-state index in [1.165, 1.54) is 0 Å². The molecule has 0 spiro atoms. The quantitative estimate of drug-likeness (QED) is 0.262. The minimum absolute atomic E-state index is 0.0615. The van der Waals surface area contributed by atoms with Crippen LogP contribution in [-0.2, 0) is 14.3 Å². The van der Waals surface area contributed by atoms with E-state index in [0.717, 1.165) is 43.7 Å². The molecule has 0 aliphatic rings. The molecular weight excluding hydrogens is 422 g/mol. The van der Waals surface area contributed by atoms with Gasteiger partial charge in [-0.05, 0) is 37.0 Å². The first-order valence-corrected chi connectivity index (χ1v) is 11.4. The fraction of sp³-hybridized carbons (Fsp3) is 0.696. The summed E-state index contributed by atoms with van der Waals surface area (Å²) in [6.45, 7) is 4.68. The summed E-state index contributed by atoms with van der Waals surface area (Å²) >= 11 is 5.65. The molecule has 0 aliphatic heterocycles. The summed E-state index contributed by atoms with van der Waals surface area (Å²) in [6.07, 6.45) is 5.05. The fourth-order valence-corrected chi connectivity index (χ4v) is 3.41. The predicted octanol–water partition coefficient (Wildman–Crippen LogP) is 4.15. The van der Waals surface area contributed by atoms with Crippen LogP contribution >= 0.6 is 11.6 Å². The first-order chi connectivity index (χ1) is 15.1. The van der Waals surface area contributed by atoms with Gasteiger partial charge in [0.1, 0.15) is 0 Å². The Balaban J connectivity index is 2.36. The molecule has 1 atom stereocenters. The maximum atomic E-state index is 12.7. The van der Waals surface area contributed by atoms with Gasteiger partial charge in [-0.2, -0.15) is 0 Å². The molecule has 0 bridgehead atoms. The number of hydrogen-bond donors (Lipinski definition) is 1. The van der Waals surface area contributed by atoms with E-state index in [4.69, 9.17) is 35.3 Å². The molecule has 1 N–H and O–H groups in total. The molecule has 1 rings (SSSR count). The van der Waals surface area contributed by atoms with Gasteiger partial charge in [0.15, 0.2) is 11.5 Å². The Morgan fingerprint density at radius 3 is 2.06 bits per heavy atom. The number of nitrogens with one attached hydrogen (secondary N) is 1. The van der Waals surface area contributed by atoms with E-state index in [9.17, 15) is 4.79 Å². The van der Waals surface area contributed by atoms with Gasteiger partial charge in [0.05, 0.1) is 47.1 Å². The van der Waals surface area contributed by atoms with Crippen LogP contribution in [0.4, 0.5) is 0 Å². The largest absolute Gasteiger partial charge is 0.493 e. The molecule has 1 aromatic rings. The van der Waals surface area contributed by atoms with Crippen molar-refractivity contribution in [3.63, 3.8) is 0 Å². The van der Waals surface area contributed by atoms with Crippen molar-refractivity contribution in [2.75, 3.05) is 60.2 Å². The number of unbranched alkanes of at least 4 members (excludes halogenated alkanes) is 3. The monoisotopic (exact) mass is 459 g/mol. The molecular formula is C23H38ClNO6. The average Bonchev–Trinajstić information content (AvgIpc) is 2.79. The standard InChI is InChI=1S/C23H38ClNO6/c1-5-19(18-16-20(27-2)22(29-4)21(17-18)28-3)23(26)25-11-13-31-15-14-30-12-9-7-6-8-10-24/h16-17,19H,5-15H2,1-4H3,(H,25,26)/t19-/m1/s1. The normalized spacial score (nSPS) is 11.8. The highest BCUT2D eigenvalue weighted by molar-refractivity contribution is 6.17. The number of rotatable bonds is 18. The fourth-order valence-electron chi connectivity index (χ4n) is 3.22. The third-order valence-corrected chi connectivity index (χ3v) is 5.17. The maximum Gasteiger partial charge on any atom is 0.227 e. The van der Waals surface area contributed by atoms with Crippen LogP contribution in [0.1, 0.15) is 50.5 Å². The van der Waals surface area contributed by atoms with Gasteiger partial charge in [-0.1, -0.05) is 19.8 Å². The summed E-state index contributed by atoms with van der Waals surface area (Å²) in [5.41, 5.74) is 0.815. The van der Waals surface area contributed by atoms with Crippen molar-refractivity contribution in [2.24, 2.45) is 0 Å². The number of alkyl halides is 1. The van der Waals surface area contributed by atoms with E-state index in [1.54, 1.807) is 21.3 Å². The highest BCUT2D eigenvalue weighted by atomic mass is 35.5. The molecule has 31 heavy (non-hydrogen) atoms. The predicted molar refractivity (Wildman–Crippen MR) is 123 cm³/mol. The van der Waals surface area contributed by atoms with E-state index in [0.29, 0.717) is 50.0 Å². The molecule has 7 nitrogen and oxygen atoms in total. The second-order valence-corrected chi connectivity index (χ2v) is 7.42. The highest BCUT2D eigenvalue weighted by Crippen LogP contribution is 2.40.